The van der Waals surface area contributed by atoms with Crippen LogP contribution in [0.1, 0.15) is 22.5 Å². The minimum atomic E-state index is 0.139. The van der Waals surface area contributed by atoms with Gasteiger partial charge in [0.25, 0.3) is 0 Å². The van der Waals surface area contributed by atoms with E-state index in [1.54, 1.807) is 0 Å². The van der Waals surface area contributed by atoms with Crippen LogP contribution in [0.2, 0.25) is 0 Å². The fraction of sp³-hybridized carbons (Fsp3) is 0.258. The molecule has 2 heterocycles. The van der Waals surface area contributed by atoms with Crippen LogP contribution in [0, 0.1) is 0 Å². The highest BCUT2D eigenvalue weighted by molar-refractivity contribution is 7.09. The second-order valence-corrected chi connectivity index (χ2v) is 10.2. The lowest BCUT2D eigenvalue weighted by Crippen LogP contribution is -2.51. The zero-order chi connectivity index (χ0) is 26.0. The van der Waals surface area contributed by atoms with Gasteiger partial charge in [-0.15, -0.1) is 0 Å². The molecule has 0 bridgehead atoms. The molecule has 1 aliphatic rings. The Labute approximate surface area is 229 Å². The minimum Gasteiger partial charge on any atom is -0.339 e. The van der Waals surface area contributed by atoms with Crippen molar-refractivity contribution >= 4 is 28.6 Å². The molecule has 1 amide bonds. The van der Waals surface area contributed by atoms with Gasteiger partial charge in [0.05, 0.1) is 6.54 Å². The second kappa shape index (κ2) is 13.1. The summed E-state index contributed by atoms with van der Waals surface area (Å²) in [5.41, 5.74) is 3.54. The van der Waals surface area contributed by atoms with Crippen LogP contribution in [0.4, 0.5) is 5.13 Å². The number of hydrogen-bond acceptors (Lipinski definition) is 6. The number of piperazine rings is 1. The Morgan fingerprint density at radius 2 is 1.47 bits per heavy atom. The number of aromatic nitrogens is 2. The predicted octanol–water partition coefficient (Wildman–Crippen LogP) is 4.99. The Balaban J connectivity index is 1.19. The van der Waals surface area contributed by atoms with Crippen molar-refractivity contribution < 1.29 is 4.79 Å². The highest BCUT2D eigenvalue weighted by Crippen LogP contribution is 2.22. The number of rotatable bonds is 10. The average Bonchev–Trinajstić information content (AvgIpc) is 3.43. The summed E-state index contributed by atoms with van der Waals surface area (Å²) >= 11 is 1.37. The van der Waals surface area contributed by atoms with Crippen molar-refractivity contribution in [3.8, 4) is 0 Å². The summed E-state index contributed by atoms with van der Waals surface area (Å²) in [6.07, 6.45) is 5.05. The fourth-order valence-electron chi connectivity index (χ4n) is 4.56. The molecule has 1 aromatic heterocycles. The van der Waals surface area contributed by atoms with Crippen molar-refractivity contribution in [1.29, 1.82) is 0 Å². The van der Waals surface area contributed by atoms with Gasteiger partial charge in [-0.25, -0.2) is 4.98 Å². The summed E-state index contributed by atoms with van der Waals surface area (Å²) < 4.78 is 4.61. The van der Waals surface area contributed by atoms with Gasteiger partial charge in [-0.3, -0.25) is 9.69 Å². The van der Waals surface area contributed by atoms with Crippen LogP contribution in [0.15, 0.2) is 97.1 Å². The Kier molecular flexibility index (Phi) is 8.92. The largest absolute Gasteiger partial charge is 0.339 e. The maximum atomic E-state index is 13.4. The third-order valence-corrected chi connectivity index (χ3v) is 7.49. The van der Waals surface area contributed by atoms with Gasteiger partial charge in [0.1, 0.15) is 5.82 Å². The van der Waals surface area contributed by atoms with Gasteiger partial charge < -0.3 is 9.80 Å². The molecule has 0 N–H and O–H groups in total. The molecular formula is C31H33N5OS. The topological polar surface area (TPSA) is 52.6 Å². The molecule has 5 rings (SSSR count). The van der Waals surface area contributed by atoms with Crippen molar-refractivity contribution in [2.24, 2.45) is 0 Å². The molecule has 6 nitrogen and oxygen atoms in total. The number of benzene rings is 3. The molecule has 1 aliphatic heterocycles. The van der Waals surface area contributed by atoms with Gasteiger partial charge in [0.15, 0.2) is 0 Å². The first-order chi connectivity index (χ1) is 18.7. The lowest BCUT2D eigenvalue weighted by Gasteiger charge is -2.35. The van der Waals surface area contributed by atoms with E-state index in [1.807, 2.05) is 47.4 Å². The summed E-state index contributed by atoms with van der Waals surface area (Å²) in [4.78, 5) is 24.7. The molecule has 194 valence electrons. The number of carbonyl (C=O) groups is 1. The summed E-state index contributed by atoms with van der Waals surface area (Å²) in [6.45, 7) is 5.05. The number of anilines is 1. The van der Waals surface area contributed by atoms with E-state index in [0.717, 1.165) is 49.2 Å². The normalized spacial score (nSPS) is 14.2. The number of nitrogens with zero attached hydrogens (tertiary/aromatic N) is 5. The van der Waals surface area contributed by atoms with Crippen molar-refractivity contribution in [3.05, 3.63) is 120 Å². The lowest BCUT2D eigenvalue weighted by molar-refractivity contribution is -0.131. The van der Waals surface area contributed by atoms with E-state index in [2.05, 4.69) is 74.9 Å². The highest BCUT2D eigenvalue weighted by Gasteiger charge is 2.24. The van der Waals surface area contributed by atoms with E-state index < -0.39 is 0 Å². The van der Waals surface area contributed by atoms with Crippen molar-refractivity contribution in [3.63, 3.8) is 0 Å². The molecule has 4 aromatic rings. The minimum absolute atomic E-state index is 0.139. The Bertz CT molecular complexity index is 1300. The lowest BCUT2D eigenvalue weighted by atomic mass is 10.1. The van der Waals surface area contributed by atoms with Crippen LogP contribution in [0.25, 0.3) is 6.08 Å². The Hall–Kier alpha value is -3.81. The van der Waals surface area contributed by atoms with Crippen LogP contribution in [-0.4, -0.2) is 64.3 Å². The molecule has 1 saturated heterocycles. The zero-order valence-corrected chi connectivity index (χ0v) is 22.3. The molecule has 3 aromatic carbocycles. The molecule has 0 radical (unpaired) electrons. The van der Waals surface area contributed by atoms with Crippen molar-refractivity contribution in [2.45, 2.75) is 13.0 Å². The maximum absolute atomic E-state index is 13.4. The van der Waals surface area contributed by atoms with Crippen LogP contribution in [-0.2, 0) is 17.8 Å². The molecule has 0 spiro atoms. The molecular weight excluding hydrogens is 490 g/mol. The van der Waals surface area contributed by atoms with Gasteiger partial charge in [0, 0.05) is 57.2 Å². The van der Waals surface area contributed by atoms with E-state index >= 15 is 0 Å². The number of amides is 1. The first-order valence-corrected chi connectivity index (χ1v) is 13.9. The van der Waals surface area contributed by atoms with Gasteiger partial charge in [-0.2, -0.15) is 4.37 Å². The molecule has 7 heteroatoms. The van der Waals surface area contributed by atoms with E-state index in [1.165, 1.54) is 22.7 Å². The summed E-state index contributed by atoms with van der Waals surface area (Å²) in [5, 5.41) is 0.790. The van der Waals surface area contributed by atoms with Gasteiger partial charge in [-0.05, 0) is 16.7 Å². The molecule has 38 heavy (non-hydrogen) atoms. The molecule has 1 fully saturated rings. The second-order valence-electron chi connectivity index (χ2n) is 9.49. The standard InChI is InChI=1S/C31H33N5OS/c37-30(35-21-19-34(20-22-35)18-10-17-26-11-4-1-5-12-26)25-36(24-28-15-8-3-9-16-28)31-32-29(33-38-31)23-27-13-6-2-7-14-27/h1-17H,18-25H2/b17-10+. The summed E-state index contributed by atoms with van der Waals surface area (Å²) in [6, 6.07) is 30.8. The average molecular weight is 524 g/mol. The molecule has 0 aliphatic carbocycles. The first kappa shape index (κ1) is 25.8. The van der Waals surface area contributed by atoms with E-state index in [4.69, 9.17) is 4.98 Å². The Morgan fingerprint density at radius 1 is 0.842 bits per heavy atom. The molecule has 0 unspecified atom stereocenters. The summed E-state index contributed by atoms with van der Waals surface area (Å²) in [7, 11) is 0. The highest BCUT2D eigenvalue weighted by atomic mass is 32.1. The predicted molar refractivity (Wildman–Crippen MR) is 155 cm³/mol. The third-order valence-electron chi connectivity index (χ3n) is 6.67. The Morgan fingerprint density at radius 3 is 2.16 bits per heavy atom. The zero-order valence-electron chi connectivity index (χ0n) is 21.5. The van der Waals surface area contributed by atoms with Crippen LogP contribution < -0.4 is 4.90 Å². The van der Waals surface area contributed by atoms with Crippen molar-refractivity contribution in [1.82, 2.24) is 19.2 Å². The third kappa shape index (κ3) is 7.37. The van der Waals surface area contributed by atoms with Gasteiger partial charge in [0.2, 0.25) is 11.0 Å². The maximum Gasteiger partial charge on any atom is 0.242 e. The number of hydrogen-bond donors (Lipinski definition) is 0. The van der Waals surface area contributed by atoms with E-state index in [9.17, 15) is 4.79 Å². The monoisotopic (exact) mass is 523 g/mol. The van der Waals surface area contributed by atoms with E-state index in [-0.39, 0.29) is 5.91 Å². The summed E-state index contributed by atoms with van der Waals surface area (Å²) in [5.74, 6) is 0.930. The van der Waals surface area contributed by atoms with E-state index in [0.29, 0.717) is 19.5 Å². The first-order valence-electron chi connectivity index (χ1n) is 13.1. The fourth-order valence-corrected chi connectivity index (χ4v) is 5.25. The van der Waals surface area contributed by atoms with Crippen LogP contribution in [0.5, 0.6) is 0 Å². The van der Waals surface area contributed by atoms with Gasteiger partial charge in [-0.1, -0.05) is 103 Å². The smallest absolute Gasteiger partial charge is 0.242 e. The molecule has 0 atom stereocenters. The number of carbonyl (C=O) groups excluding carboxylic acids is 1. The van der Waals surface area contributed by atoms with Crippen LogP contribution >= 0.6 is 11.5 Å². The SMILES string of the molecule is O=C(CN(Cc1ccccc1)c1nc(Cc2ccccc2)ns1)N1CCN(C/C=C/c2ccccc2)CC1. The molecule has 0 saturated carbocycles. The van der Waals surface area contributed by atoms with Gasteiger partial charge >= 0.3 is 0 Å². The van der Waals surface area contributed by atoms with Crippen LogP contribution in [0.3, 0.4) is 0 Å². The van der Waals surface area contributed by atoms with Crippen molar-refractivity contribution in [2.75, 3.05) is 44.2 Å². The quantitative estimate of drug-likeness (QED) is 0.293.